The molecule has 1 saturated heterocycles. The molecule has 0 spiro atoms. The van der Waals surface area contributed by atoms with Gasteiger partial charge in [0.2, 0.25) is 0 Å². The summed E-state index contributed by atoms with van der Waals surface area (Å²) in [6.45, 7) is 2.75. The van der Waals surface area contributed by atoms with E-state index in [1.165, 1.54) is 4.90 Å². The van der Waals surface area contributed by atoms with Gasteiger partial charge >= 0.3 is 0 Å². The SMILES string of the molecule is CCOc1cc(C=C2NC(=S)N(C)C2=O)cc(Br)c1OCc1ccc(Cl)cc1. The molecule has 3 rings (SSSR count). The van der Waals surface area contributed by atoms with E-state index < -0.39 is 0 Å². The lowest BCUT2D eigenvalue weighted by Crippen LogP contribution is -2.25. The Labute approximate surface area is 182 Å². The van der Waals surface area contributed by atoms with Crippen LogP contribution < -0.4 is 14.8 Å². The highest BCUT2D eigenvalue weighted by atomic mass is 79.9. The number of ether oxygens (including phenoxy) is 2. The maximum atomic E-state index is 12.2. The summed E-state index contributed by atoms with van der Waals surface area (Å²) < 4.78 is 12.5. The number of likely N-dealkylation sites (N-methyl/N-ethyl adjacent to an activating group) is 1. The molecule has 8 heteroatoms. The van der Waals surface area contributed by atoms with Crippen LogP contribution in [0, 0.1) is 0 Å². The van der Waals surface area contributed by atoms with Crippen LogP contribution in [0.1, 0.15) is 18.1 Å². The van der Waals surface area contributed by atoms with E-state index in [0.717, 1.165) is 15.6 Å². The topological polar surface area (TPSA) is 50.8 Å². The fourth-order valence-electron chi connectivity index (χ4n) is 2.60. The Kier molecular flexibility index (Phi) is 6.59. The van der Waals surface area contributed by atoms with Crippen LogP contribution in [-0.2, 0) is 11.4 Å². The van der Waals surface area contributed by atoms with Crippen LogP contribution in [0.15, 0.2) is 46.6 Å². The lowest BCUT2D eigenvalue weighted by Gasteiger charge is -2.15. The highest BCUT2D eigenvalue weighted by Crippen LogP contribution is 2.38. The van der Waals surface area contributed by atoms with Gasteiger partial charge in [-0.3, -0.25) is 9.69 Å². The zero-order valence-corrected chi connectivity index (χ0v) is 18.5. The normalized spacial score (nSPS) is 15.1. The van der Waals surface area contributed by atoms with Crippen molar-refractivity contribution in [1.82, 2.24) is 10.2 Å². The molecule has 1 aliphatic heterocycles. The fraction of sp³-hybridized carbons (Fsp3) is 0.200. The molecule has 28 heavy (non-hydrogen) atoms. The molecule has 0 atom stereocenters. The van der Waals surface area contributed by atoms with Gasteiger partial charge in [0.25, 0.3) is 5.91 Å². The summed E-state index contributed by atoms with van der Waals surface area (Å²) in [4.78, 5) is 13.6. The Hall–Kier alpha value is -2.09. The molecule has 1 fully saturated rings. The van der Waals surface area contributed by atoms with E-state index in [-0.39, 0.29) is 5.91 Å². The van der Waals surface area contributed by atoms with Crippen molar-refractivity contribution >= 4 is 56.8 Å². The molecule has 1 heterocycles. The maximum absolute atomic E-state index is 12.2. The molecule has 5 nitrogen and oxygen atoms in total. The second kappa shape index (κ2) is 8.94. The first kappa shape index (κ1) is 20.6. The van der Waals surface area contributed by atoms with E-state index in [2.05, 4.69) is 21.2 Å². The minimum atomic E-state index is -0.179. The number of nitrogens with zero attached hydrogens (tertiary/aromatic N) is 1. The van der Waals surface area contributed by atoms with Gasteiger partial charge in [-0.2, -0.15) is 0 Å². The smallest absolute Gasteiger partial charge is 0.276 e. The Balaban J connectivity index is 1.86. The van der Waals surface area contributed by atoms with Gasteiger partial charge in [-0.25, -0.2) is 0 Å². The maximum Gasteiger partial charge on any atom is 0.276 e. The van der Waals surface area contributed by atoms with E-state index in [0.29, 0.717) is 40.5 Å². The molecule has 0 unspecified atom stereocenters. The zero-order chi connectivity index (χ0) is 20.3. The highest BCUT2D eigenvalue weighted by Gasteiger charge is 2.27. The first-order chi connectivity index (χ1) is 13.4. The van der Waals surface area contributed by atoms with E-state index in [1.54, 1.807) is 13.1 Å². The lowest BCUT2D eigenvalue weighted by molar-refractivity contribution is -0.121. The molecule has 0 aliphatic carbocycles. The molecule has 2 aromatic rings. The fourth-order valence-corrected chi connectivity index (χ4v) is 3.49. The molecule has 0 saturated carbocycles. The van der Waals surface area contributed by atoms with Crippen molar-refractivity contribution in [1.29, 1.82) is 0 Å². The first-order valence-electron chi connectivity index (χ1n) is 8.53. The Morgan fingerprint density at radius 2 is 1.96 bits per heavy atom. The molecule has 0 bridgehead atoms. The summed E-state index contributed by atoms with van der Waals surface area (Å²) in [5.41, 5.74) is 2.18. The molecule has 0 radical (unpaired) electrons. The largest absolute Gasteiger partial charge is 0.490 e. The number of carbonyl (C=O) groups is 1. The van der Waals surface area contributed by atoms with Crippen LogP contribution in [0.4, 0.5) is 0 Å². The number of carbonyl (C=O) groups excluding carboxylic acids is 1. The van der Waals surface area contributed by atoms with Crippen molar-refractivity contribution in [2.75, 3.05) is 13.7 Å². The monoisotopic (exact) mass is 480 g/mol. The van der Waals surface area contributed by atoms with Gasteiger partial charge in [-0.1, -0.05) is 23.7 Å². The van der Waals surface area contributed by atoms with Crippen molar-refractivity contribution < 1.29 is 14.3 Å². The number of nitrogens with one attached hydrogen (secondary N) is 1. The number of benzene rings is 2. The van der Waals surface area contributed by atoms with E-state index in [9.17, 15) is 4.79 Å². The Bertz CT molecular complexity index is 947. The summed E-state index contributed by atoms with van der Waals surface area (Å²) >= 11 is 14.6. The van der Waals surface area contributed by atoms with Crippen molar-refractivity contribution in [2.24, 2.45) is 0 Å². The summed E-state index contributed by atoms with van der Waals surface area (Å²) in [6, 6.07) is 11.2. The van der Waals surface area contributed by atoms with E-state index >= 15 is 0 Å². The van der Waals surface area contributed by atoms with Gasteiger partial charge in [0.15, 0.2) is 16.6 Å². The second-order valence-corrected chi connectivity index (χ2v) is 7.71. The standard InChI is InChI=1S/C20H18BrClN2O3S/c1-3-26-17-10-13(9-16-19(25)24(2)20(28)23-16)8-15(21)18(17)27-11-12-4-6-14(22)7-5-12/h4-10H,3,11H2,1-2H3,(H,23,28). The van der Waals surface area contributed by atoms with Gasteiger partial charge in [0, 0.05) is 12.1 Å². The molecule has 0 aromatic heterocycles. The van der Waals surface area contributed by atoms with Crippen molar-refractivity contribution in [3.8, 4) is 11.5 Å². The predicted octanol–water partition coefficient (Wildman–Crippen LogP) is 4.77. The van der Waals surface area contributed by atoms with Crippen LogP contribution in [-0.4, -0.2) is 29.6 Å². The van der Waals surface area contributed by atoms with Gasteiger partial charge < -0.3 is 14.8 Å². The number of rotatable bonds is 6. The molecule has 1 amide bonds. The van der Waals surface area contributed by atoms with Crippen molar-refractivity contribution in [2.45, 2.75) is 13.5 Å². The van der Waals surface area contributed by atoms with Crippen molar-refractivity contribution in [3.63, 3.8) is 0 Å². The second-order valence-electron chi connectivity index (χ2n) is 6.03. The summed E-state index contributed by atoms with van der Waals surface area (Å²) in [6.07, 6.45) is 1.73. The zero-order valence-electron chi connectivity index (χ0n) is 15.3. The highest BCUT2D eigenvalue weighted by molar-refractivity contribution is 9.10. The van der Waals surface area contributed by atoms with Gasteiger partial charge in [-0.05, 0) is 76.5 Å². The number of halogens is 2. The molecular formula is C20H18BrClN2O3S. The van der Waals surface area contributed by atoms with E-state index in [4.69, 9.17) is 33.3 Å². The third kappa shape index (κ3) is 4.66. The average molecular weight is 482 g/mol. The Morgan fingerprint density at radius 1 is 1.25 bits per heavy atom. The van der Waals surface area contributed by atoms with Crippen LogP contribution >= 0.6 is 39.7 Å². The molecule has 1 N–H and O–H groups in total. The van der Waals surface area contributed by atoms with Gasteiger partial charge in [-0.15, -0.1) is 0 Å². The minimum absolute atomic E-state index is 0.179. The molecule has 146 valence electrons. The first-order valence-corrected chi connectivity index (χ1v) is 10.1. The van der Waals surface area contributed by atoms with Crippen LogP contribution in [0.3, 0.4) is 0 Å². The predicted molar refractivity (Wildman–Crippen MR) is 118 cm³/mol. The number of thiocarbonyl (C=S) groups is 1. The van der Waals surface area contributed by atoms with Gasteiger partial charge in [0.05, 0.1) is 11.1 Å². The lowest BCUT2D eigenvalue weighted by atomic mass is 10.1. The number of hydrogen-bond donors (Lipinski definition) is 1. The van der Waals surface area contributed by atoms with Crippen molar-refractivity contribution in [3.05, 3.63) is 62.7 Å². The molecule has 2 aromatic carbocycles. The summed E-state index contributed by atoms with van der Waals surface area (Å²) in [7, 11) is 1.63. The Morgan fingerprint density at radius 3 is 2.57 bits per heavy atom. The van der Waals surface area contributed by atoms with Crippen LogP contribution in [0.5, 0.6) is 11.5 Å². The summed E-state index contributed by atoms with van der Waals surface area (Å²) in [5.74, 6) is 0.999. The van der Waals surface area contributed by atoms with E-state index in [1.807, 2.05) is 43.3 Å². The van der Waals surface area contributed by atoms with Gasteiger partial charge in [0.1, 0.15) is 12.3 Å². The number of hydrogen-bond acceptors (Lipinski definition) is 4. The summed E-state index contributed by atoms with van der Waals surface area (Å²) in [5, 5.41) is 3.97. The number of amides is 1. The van der Waals surface area contributed by atoms with Crippen LogP contribution in [0.25, 0.3) is 6.08 Å². The quantitative estimate of drug-likeness (QED) is 0.476. The van der Waals surface area contributed by atoms with Crippen LogP contribution in [0.2, 0.25) is 5.02 Å². The third-order valence-corrected chi connectivity index (χ3v) is 5.24. The molecule has 1 aliphatic rings. The minimum Gasteiger partial charge on any atom is -0.490 e. The average Bonchev–Trinajstić information content (AvgIpc) is 2.89. The third-order valence-electron chi connectivity index (χ3n) is 4.02. The molecular weight excluding hydrogens is 464 g/mol.